The third-order valence-corrected chi connectivity index (χ3v) is 2.35. The van der Waals surface area contributed by atoms with Gasteiger partial charge in [0.1, 0.15) is 17.1 Å². The number of nitrogens with one attached hydrogen (secondary N) is 1. The summed E-state index contributed by atoms with van der Waals surface area (Å²) < 4.78 is 4.76. The number of carbonyl (C=O) groups excluding carboxylic acids is 1. The monoisotopic (exact) mass is 262 g/mol. The number of aromatic hydroxyl groups is 1. The van der Waals surface area contributed by atoms with Crippen LogP contribution in [-0.2, 0) is 0 Å². The molecule has 0 unspecified atom stereocenters. The minimum Gasteiger partial charge on any atom is -0.507 e. The lowest BCUT2D eigenvalue weighted by Gasteiger charge is -2.05. The lowest BCUT2D eigenvalue weighted by molar-refractivity contribution is 0.0693. The molecule has 2 aromatic rings. The van der Waals surface area contributed by atoms with E-state index in [-0.39, 0.29) is 22.7 Å². The van der Waals surface area contributed by atoms with Gasteiger partial charge in [0.25, 0.3) is 5.91 Å². The van der Waals surface area contributed by atoms with E-state index in [0.29, 0.717) is 5.76 Å². The fraction of sp³-hybridized carbons (Fsp3) is 0.0833. The normalized spacial score (nSPS) is 10.2. The van der Waals surface area contributed by atoms with Gasteiger partial charge in [0.15, 0.2) is 5.69 Å². The van der Waals surface area contributed by atoms with E-state index in [1.54, 1.807) is 6.92 Å². The van der Waals surface area contributed by atoms with Crippen molar-refractivity contribution < 1.29 is 24.3 Å². The first-order chi connectivity index (χ1) is 8.97. The van der Waals surface area contributed by atoms with E-state index in [4.69, 9.17) is 9.63 Å². The molecule has 19 heavy (non-hydrogen) atoms. The van der Waals surface area contributed by atoms with Gasteiger partial charge in [0, 0.05) is 11.8 Å². The van der Waals surface area contributed by atoms with E-state index in [1.165, 1.54) is 18.2 Å². The second-order valence-electron chi connectivity index (χ2n) is 3.81. The summed E-state index contributed by atoms with van der Waals surface area (Å²) in [5.74, 6) is -1.70. The smallest absolute Gasteiger partial charge is 0.339 e. The van der Waals surface area contributed by atoms with Crippen LogP contribution in [0.1, 0.15) is 26.6 Å². The Hall–Kier alpha value is -2.83. The molecule has 0 saturated heterocycles. The molecule has 2 rings (SSSR count). The van der Waals surface area contributed by atoms with Crippen LogP contribution in [0.3, 0.4) is 0 Å². The number of aryl methyl sites for hydroxylation is 1. The summed E-state index contributed by atoms with van der Waals surface area (Å²) in [7, 11) is 0. The highest BCUT2D eigenvalue weighted by Crippen LogP contribution is 2.21. The van der Waals surface area contributed by atoms with Crippen LogP contribution in [0.25, 0.3) is 0 Å². The van der Waals surface area contributed by atoms with Crippen LogP contribution in [0.4, 0.5) is 5.69 Å². The maximum atomic E-state index is 11.7. The first kappa shape index (κ1) is 12.6. The molecule has 98 valence electrons. The van der Waals surface area contributed by atoms with Crippen LogP contribution in [-0.4, -0.2) is 27.2 Å². The molecule has 0 atom stereocenters. The summed E-state index contributed by atoms with van der Waals surface area (Å²) in [5, 5.41) is 24.2. The summed E-state index contributed by atoms with van der Waals surface area (Å²) in [5.41, 5.74) is 0.0254. The summed E-state index contributed by atoms with van der Waals surface area (Å²) in [6, 6.07) is 5.18. The van der Waals surface area contributed by atoms with Gasteiger partial charge < -0.3 is 20.1 Å². The van der Waals surface area contributed by atoms with Gasteiger partial charge in [0.2, 0.25) is 0 Å². The quantitative estimate of drug-likeness (QED) is 0.725. The van der Waals surface area contributed by atoms with E-state index in [2.05, 4.69) is 10.5 Å². The Labute approximate surface area is 107 Å². The fourth-order valence-electron chi connectivity index (χ4n) is 1.45. The number of phenols is 1. The number of aromatic nitrogens is 1. The van der Waals surface area contributed by atoms with Crippen molar-refractivity contribution in [1.82, 2.24) is 5.16 Å². The number of anilines is 1. The third kappa shape index (κ3) is 2.71. The highest BCUT2D eigenvalue weighted by Gasteiger charge is 2.14. The summed E-state index contributed by atoms with van der Waals surface area (Å²) in [6.07, 6.45) is 0. The summed E-state index contributed by atoms with van der Waals surface area (Å²) >= 11 is 0. The Kier molecular flexibility index (Phi) is 3.19. The topological polar surface area (TPSA) is 113 Å². The van der Waals surface area contributed by atoms with Crippen LogP contribution in [0.2, 0.25) is 0 Å². The fourth-order valence-corrected chi connectivity index (χ4v) is 1.45. The predicted octanol–water partition coefficient (Wildman–Crippen LogP) is 1.64. The molecule has 7 nitrogen and oxygen atoms in total. The zero-order valence-corrected chi connectivity index (χ0v) is 9.88. The van der Waals surface area contributed by atoms with Gasteiger partial charge in [-0.25, -0.2) is 4.79 Å². The first-order valence-corrected chi connectivity index (χ1v) is 5.28. The largest absolute Gasteiger partial charge is 0.507 e. The van der Waals surface area contributed by atoms with E-state index in [1.807, 2.05) is 0 Å². The Balaban J connectivity index is 2.22. The Morgan fingerprint density at radius 2 is 2.05 bits per heavy atom. The second kappa shape index (κ2) is 4.81. The van der Waals surface area contributed by atoms with E-state index in [9.17, 15) is 14.7 Å². The van der Waals surface area contributed by atoms with Gasteiger partial charge in [-0.15, -0.1) is 0 Å². The number of nitrogens with zero attached hydrogens (tertiary/aromatic N) is 1. The van der Waals surface area contributed by atoms with Crippen molar-refractivity contribution in [3.05, 3.63) is 41.3 Å². The van der Waals surface area contributed by atoms with Gasteiger partial charge in [-0.3, -0.25) is 4.79 Å². The summed E-state index contributed by atoms with van der Waals surface area (Å²) in [6.45, 7) is 1.65. The van der Waals surface area contributed by atoms with Gasteiger partial charge in [-0.05, 0) is 25.1 Å². The van der Waals surface area contributed by atoms with Crippen molar-refractivity contribution in [2.24, 2.45) is 0 Å². The SMILES string of the molecule is Cc1cc(C(=O)Nc2ccc(O)c(C(=O)O)c2)no1. The maximum absolute atomic E-state index is 11.7. The van der Waals surface area contributed by atoms with Crippen molar-refractivity contribution >= 4 is 17.6 Å². The maximum Gasteiger partial charge on any atom is 0.339 e. The highest BCUT2D eigenvalue weighted by molar-refractivity contribution is 6.03. The van der Waals surface area contributed by atoms with Gasteiger partial charge in [-0.2, -0.15) is 0 Å². The van der Waals surface area contributed by atoms with Crippen molar-refractivity contribution in [3.8, 4) is 5.75 Å². The van der Waals surface area contributed by atoms with Gasteiger partial charge in [-0.1, -0.05) is 5.16 Å². The minimum atomic E-state index is -1.29. The van der Waals surface area contributed by atoms with Crippen LogP contribution in [0.5, 0.6) is 5.75 Å². The lowest BCUT2D eigenvalue weighted by Crippen LogP contribution is -2.12. The number of hydrogen-bond acceptors (Lipinski definition) is 5. The molecule has 0 fully saturated rings. The van der Waals surface area contributed by atoms with Crippen LogP contribution in [0.15, 0.2) is 28.8 Å². The number of amides is 1. The zero-order valence-electron chi connectivity index (χ0n) is 9.88. The Morgan fingerprint density at radius 3 is 2.63 bits per heavy atom. The highest BCUT2D eigenvalue weighted by atomic mass is 16.5. The van der Waals surface area contributed by atoms with Crippen LogP contribution in [0, 0.1) is 6.92 Å². The third-order valence-electron chi connectivity index (χ3n) is 2.35. The Morgan fingerprint density at radius 1 is 1.32 bits per heavy atom. The van der Waals surface area contributed by atoms with Crippen molar-refractivity contribution in [1.29, 1.82) is 0 Å². The molecule has 0 aliphatic rings. The Bertz CT molecular complexity index is 647. The number of carbonyl (C=O) groups is 2. The number of hydrogen-bond donors (Lipinski definition) is 3. The number of aromatic carboxylic acids is 1. The average molecular weight is 262 g/mol. The molecule has 7 heteroatoms. The van der Waals surface area contributed by atoms with E-state index < -0.39 is 11.9 Å². The van der Waals surface area contributed by atoms with Crippen LogP contribution >= 0.6 is 0 Å². The molecule has 3 N–H and O–H groups in total. The van der Waals surface area contributed by atoms with Crippen molar-refractivity contribution in [3.63, 3.8) is 0 Å². The molecular weight excluding hydrogens is 252 g/mol. The minimum absolute atomic E-state index is 0.0856. The number of carboxylic acids is 1. The zero-order chi connectivity index (χ0) is 14.0. The summed E-state index contributed by atoms with van der Waals surface area (Å²) in [4.78, 5) is 22.6. The first-order valence-electron chi connectivity index (χ1n) is 5.28. The van der Waals surface area contributed by atoms with Crippen LogP contribution < -0.4 is 5.32 Å². The predicted molar refractivity (Wildman–Crippen MR) is 64.3 cm³/mol. The average Bonchev–Trinajstić information content (AvgIpc) is 2.78. The number of carboxylic acid groups (broad SMARTS) is 1. The van der Waals surface area contributed by atoms with Gasteiger partial charge in [0.05, 0.1) is 0 Å². The van der Waals surface area contributed by atoms with Gasteiger partial charge >= 0.3 is 5.97 Å². The van der Waals surface area contributed by atoms with E-state index in [0.717, 1.165) is 6.07 Å². The molecule has 1 aromatic heterocycles. The molecule has 1 heterocycles. The molecule has 0 saturated carbocycles. The molecule has 1 aromatic carbocycles. The van der Waals surface area contributed by atoms with Crippen molar-refractivity contribution in [2.75, 3.05) is 5.32 Å². The molecule has 0 aliphatic carbocycles. The van der Waals surface area contributed by atoms with Crippen molar-refractivity contribution in [2.45, 2.75) is 6.92 Å². The second-order valence-corrected chi connectivity index (χ2v) is 3.81. The molecule has 0 spiro atoms. The molecule has 0 bridgehead atoms. The molecule has 0 radical (unpaired) electrons. The lowest BCUT2D eigenvalue weighted by atomic mass is 10.1. The molecule has 0 aliphatic heterocycles. The van der Waals surface area contributed by atoms with E-state index >= 15 is 0 Å². The molecular formula is C12H10N2O5. The number of benzene rings is 1. The molecule has 1 amide bonds. The standard InChI is InChI=1S/C12H10N2O5/c1-6-4-9(14-19-6)11(16)13-7-2-3-10(15)8(5-7)12(17)18/h2-5,15H,1H3,(H,13,16)(H,17,18). The number of rotatable bonds is 3.